The summed E-state index contributed by atoms with van der Waals surface area (Å²) in [7, 11) is 0. The van der Waals surface area contributed by atoms with Crippen molar-refractivity contribution in [2.24, 2.45) is 0 Å². The molecule has 0 aromatic heterocycles. The van der Waals surface area contributed by atoms with Gasteiger partial charge in [-0.05, 0) is 19.4 Å². The van der Waals surface area contributed by atoms with Crippen LogP contribution in [0, 0.1) is 6.92 Å². The van der Waals surface area contributed by atoms with E-state index in [2.05, 4.69) is 26.1 Å². The lowest BCUT2D eigenvalue weighted by molar-refractivity contribution is 0.461. The first-order valence-corrected chi connectivity index (χ1v) is 10.4. The zero-order chi connectivity index (χ0) is 16.3. The third kappa shape index (κ3) is 16.3. The molecule has 0 aliphatic carbocycles. The molecule has 0 saturated carbocycles. The molecule has 0 bridgehead atoms. The van der Waals surface area contributed by atoms with E-state index in [0.717, 1.165) is 13.0 Å². The van der Waals surface area contributed by atoms with Crippen LogP contribution >= 0.6 is 0 Å². The summed E-state index contributed by atoms with van der Waals surface area (Å²) in [4.78, 5) is 0. The minimum absolute atomic E-state index is 0.655. The summed E-state index contributed by atoms with van der Waals surface area (Å²) >= 11 is 0. The van der Waals surface area contributed by atoms with Crippen LogP contribution in [0.15, 0.2) is 0 Å². The van der Waals surface area contributed by atoms with E-state index in [1.807, 2.05) is 0 Å². The molecule has 0 aliphatic rings. The van der Waals surface area contributed by atoms with E-state index in [9.17, 15) is 0 Å². The smallest absolute Gasteiger partial charge is 0.00669 e. The van der Waals surface area contributed by atoms with Crippen LogP contribution in [-0.4, -0.2) is 12.6 Å². The second-order valence-corrected chi connectivity index (χ2v) is 6.93. The first kappa shape index (κ1) is 22.0. The maximum atomic E-state index is 4.03. The van der Waals surface area contributed by atoms with Crippen LogP contribution in [-0.2, 0) is 0 Å². The predicted octanol–water partition coefficient (Wildman–Crippen LogP) is 7.06. The molecule has 0 aromatic carbocycles. The molecule has 133 valence electrons. The SMILES string of the molecule is [CH2]CC(CCCCCCCCCCCCCCCC)NCC. The molecule has 0 rings (SSSR count). The molecule has 0 saturated heterocycles. The third-order valence-corrected chi connectivity index (χ3v) is 4.75. The van der Waals surface area contributed by atoms with Crippen molar-refractivity contribution in [1.29, 1.82) is 0 Å². The number of rotatable bonds is 18. The fraction of sp³-hybridized carbons (Fsp3) is 0.952. The maximum absolute atomic E-state index is 4.03. The highest BCUT2D eigenvalue weighted by Crippen LogP contribution is 2.14. The van der Waals surface area contributed by atoms with Crippen LogP contribution in [0.5, 0.6) is 0 Å². The second kappa shape index (κ2) is 19.0. The summed E-state index contributed by atoms with van der Waals surface area (Å²) in [5.74, 6) is 0. The maximum Gasteiger partial charge on any atom is 0.00669 e. The van der Waals surface area contributed by atoms with Crippen LogP contribution < -0.4 is 5.32 Å². The minimum Gasteiger partial charge on any atom is -0.314 e. The predicted molar refractivity (Wildman–Crippen MR) is 102 cm³/mol. The van der Waals surface area contributed by atoms with Crippen molar-refractivity contribution in [3.63, 3.8) is 0 Å². The topological polar surface area (TPSA) is 12.0 Å². The zero-order valence-electron chi connectivity index (χ0n) is 15.8. The normalized spacial score (nSPS) is 12.7. The number of hydrogen-bond donors (Lipinski definition) is 1. The van der Waals surface area contributed by atoms with E-state index < -0.39 is 0 Å². The van der Waals surface area contributed by atoms with E-state index in [1.54, 1.807) is 0 Å². The van der Waals surface area contributed by atoms with Crippen molar-refractivity contribution in [2.75, 3.05) is 6.54 Å². The number of unbranched alkanes of at least 4 members (excludes halogenated alkanes) is 13. The van der Waals surface area contributed by atoms with Gasteiger partial charge in [0.15, 0.2) is 0 Å². The summed E-state index contributed by atoms with van der Waals surface area (Å²) in [6, 6.07) is 0.655. The molecule has 1 N–H and O–H groups in total. The molecular formula is C21H44N. The zero-order valence-corrected chi connectivity index (χ0v) is 15.8. The first-order valence-electron chi connectivity index (χ1n) is 10.4. The fourth-order valence-electron chi connectivity index (χ4n) is 3.22. The lowest BCUT2D eigenvalue weighted by Crippen LogP contribution is -2.27. The molecule has 0 aromatic rings. The highest BCUT2D eigenvalue weighted by Gasteiger charge is 2.03. The highest BCUT2D eigenvalue weighted by molar-refractivity contribution is 4.66. The summed E-state index contributed by atoms with van der Waals surface area (Å²) in [5.41, 5.74) is 0. The molecule has 0 spiro atoms. The molecule has 0 fully saturated rings. The number of nitrogens with one attached hydrogen (secondary N) is 1. The van der Waals surface area contributed by atoms with Gasteiger partial charge >= 0.3 is 0 Å². The van der Waals surface area contributed by atoms with Gasteiger partial charge in [-0.15, -0.1) is 0 Å². The van der Waals surface area contributed by atoms with Crippen molar-refractivity contribution >= 4 is 0 Å². The standard InChI is InChI=1S/C21H44N/c1-4-7-8-9-10-11-12-13-14-15-16-17-18-19-20-21(5-2)22-6-3/h21-22H,2,4-20H2,1,3H3. The van der Waals surface area contributed by atoms with Crippen LogP contribution in [0.4, 0.5) is 0 Å². The lowest BCUT2D eigenvalue weighted by atomic mass is 10.0. The Morgan fingerprint density at radius 1 is 0.636 bits per heavy atom. The van der Waals surface area contributed by atoms with Gasteiger partial charge < -0.3 is 5.32 Å². The van der Waals surface area contributed by atoms with E-state index in [0.29, 0.717) is 6.04 Å². The van der Waals surface area contributed by atoms with Crippen LogP contribution in [0.25, 0.3) is 0 Å². The average molecular weight is 311 g/mol. The Morgan fingerprint density at radius 2 is 1.05 bits per heavy atom. The van der Waals surface area contributed by atoms with E-state index in [4.69, 9.17) is 0 Å². The molecule has 1 nitrogen and oxygen atoms in total. The monoisotopic (exact) mass is 310 g/mol. The van der Waals surface area contributed by atoms with Crippen molar-refractivity contribution in [3.8, 4) is 0 Å². The van der Waals surface area contributed by atoms with Crippen molar-refractivity contribution in [3.05, 3.63) is 6.92 Å². The summed E-state index contributed by atoms with van der Waals surface area (Å²) < 4.78 is 0. The molecule has 0 heterocycles. The van der Waals surface area contributed by atoms with Gasteiger partial charge in [0, 0.05) is 6.04 Å². The molecule has 1 radical (unpaired) electrons. The van der Waals surface area contributed by atoms with Gasteiger partial charge in [0.25, 0.3) is 0 Å². The van der Waals surface area contributed by atoms with Gasteiger partial charge in [0.2, 0.25) is 0 Å². The lowest BCUT2D eigenvalue weighted by Gasteiger charge is -2.15. The van der Waals surface area contributed by atoms with Crippen molar-refractivity contribution in [2.45, 2.75) is 123 Å². The van der Waals surface area contributed by atoms with Crippen LogP contribution in [0.3, 0.4) is 0 Å². The van der Waals surface area contributed by atoms with Crippen molar-refractivity contribution in [1.82, 2.24) is 5.32 Å². The van der Waals surface area contributed by atoms with Crippen LogP contribution in [0.2, 0.25) is 0 Å². The van der Waals surface area contributed by atoms with Gasteiger partial charge in [0.05, 0.1) is 0 Å². The van der Waals surface area contributed by atoms with Gasteiger partial charge in [-0.25, -0.2) is 0 Å². The Balaban J connectivity index is 3.08. The Hall–Kier alpha value is -0.0400. The summed E-state index contributed by atoms with van der Waals surface area (Å²) in [5, 5.41) is 3.52. The second-order valence-electron chi connectivity index (χ2n) is 6.93. The first-order chi connectivity index (χ1) is 10.8. The van der Waals surface area contributed by atoms with Crippen molar-refractivity contribution < 1.29 is 0 Å². The Morgan fingerprint density at radius 3 is 1.41 bits per heavy atom. The Labute approximate surface area is 142 Å². The summed E-state index contributed by atoms with van der Waals surface area (Å²) in [6.45, 7) is 9.59. The molecule has 1 heteroatoms. The molecule has 1 atom stereocenters. The van der Waals surface area contributed by atoms with Crippen LogP contribution in [0.1, 0.15) is 117 Å². The Bertz CT molecular complexity index is 190. The molecular weight excluding hydrogens is 266 g/mol. The van der Waals surface area contributed by atoms with E-state index in [1.165, 1.54) is 96.3 Å². The van der Waals surface area contributed by atoms with E-state index in [-0.39, 0.29) is 0 Å². The Kier molecular flexibility index (Phi) is 19.0. The fourth-order valence-corrected chi connectivity index (χ4v) is 3.22. The van der Waals surface area contributed by atoms with Gasteiger partial charge in [0.1, 0.15) is 0 Å². The molecule has 1 unspecified atom stereocenters. The largest absolute Gasteiger partial charge is 0.314 e. The van der Waals surface area contributed by atoms with E-state index >= 15 is 0 Å². The highest BCUT2D eigenvalue weighted by atomic mass is 14.9. The number of hydrogen-bond acceptors (Lipinski definition) is 1. The van der Waals surface area contributed by atoms with Gasteiger partial charge in [-0.1, -0.05) is 111 Å². The molecule has 0 amide bonds. The minimum atomic E-state index is 0.655. The van der Waals surface area contributed by atoms with Gasteiger partial charge in [-0.2, -0.15) is 0 Å². The summed E-state index contributed by atoms with van der Waals surface area (Å²) in [6.07, 6.45) is 22.6. The molecule has 0 aliphatic heterocycles. The average Bonchev–Trinajstić information content (AvgIpc) is 2.54. The van der Waals surface area contributed by atoms with Gasteiger partial charge in [-0.3, -0.25) is 0 Å². The quantitative estimate of drug-likeness (QED) is 0.267. The molecule has 22 heavy (non-hydrogen) atoms. The third-order valence-electron chi connectivity index (χ3n) is 4.75.